The average molecular weight is 290 g/mol. The molecule has 20 heavy (non-hydrogen) atoms. The van der Waals surface area contributed by atoms with Crippen molar-refractivity contribution < 1.29 is 29.0 Å². The van der Waals surface area contributed by atoms with Crippen LogP contribution in [0.2, 0.25) is 0 Å². The van der Waals surface area contributed by atoms with Crippen LogP contribution < -0.4 is 5.32 Å². The second-order valence-electron chi connectivity index (χ2n) is 3.94. The number of nitrogens with one attached hydrogen (secondary N) is 1. The summed E-state index contributed by atoms with van der Waals surface area (Å²) in [6.07, 6.45) is 0.147. The molecule has 8 nitrogen and oxygen atoms in total. The summed E-state index contributed by atoms with van der Waals surface area (Å²) in [5, 5.41) is 11.3. The van der Waals surface area contributed by atoms with Gasteiger partial charge in [-0.25, -0.2) is 9.59 Å². The maximum absolute atomic E-state index is 11.9. The van der Waals surface area contributed by atoms with Gasteiger partial charge in [0.15, 0.2) is 0 Å². The molecule has 2 amide bonds. The van der Waals surface area contributed by atoms with Crippen LogP contribution >= 0.6 is 0 Å². The number of carboxylic acids is 1. The first-order valence-corrected chi connectivity index (χ1v) is 6.39. The number of nitrogens with zero attached hydrogens (tertiary/aromatic N) is 1. The predicted molar refractivity (Wildman–Crippen MR) is 70.3 cm³/mol. The number of urea groups is 1. The third-order valence-corrected chi connectivity index (χ3v) is 2.50. The predicted octanol–water partition coefficient (Wildman–Crippen LogP) is 0.0707. The second-order valence-corrected chi connectivity index (χ2v) is 3.94. The molecule has 0 bridgehead atoms. The zero-order valence-corrected chi connectivity index (χ0v) is 12.0. The number of ether oxygens (including phenoxy) is 2. The van der Waals surface area contributed by atoms with Crippen molar-refractivity contribution in [3.8, 4) is 0 Å². The van der Waals surface area contributed by atoms with Crippen molar-refractivity contribution in [2.75, 3.05) is 33.4 Å². The van der Waals surface area contributed by atoms with Crippen LogP contribution in [0.3, 0.4) is 0 Å². The van der Waals surface area contributed by atoms with Gasteiger partial charge in [0.05, 0.1) is 6.61 Å². The number of esters is 1. The SMILES string of the molecule is CCOC(=O)CN(CC)C(=O)NC(CCOC)C(=O)O. The molecule has 0 aromatic heterocycles. The van der Waals surface area contributed by atoms with E-state index in [1.165, 1.54) is 12.0 Å². The number of carboxylic acid groups (broad SMARTS) is 1. The Hall–Kier alpha value is -1.83. The van der Waals surface area contributed by atoms with E-state index in [1.54, 1.807) is 13.8 Å². The topological polar surface area (TPSA) is 105 Å². The molecule has 0 fully saturated rings. The van der Waals surface area contributed by atoms with E-state index in [0.717, 1.165) is 0 Å². The van der Waals surface area contributed by atoms with Crippen LogP contribution in [-0.2, 0) is 19.1 Å². The molecular weight excluding hydrogens is 268 g/mol. The highest BCUT2D eigenvalue weighted by Crippen LogP contribution is 1.98. The van der Waals surface area contributed by atoms with Crippen LogP contribution in [0, 0.1) is 0 Å². The van der Waals surface area contributed by atoms with Crippen molar-refractivity contribution in [3.63, 3.8) is 0 Å². The van der Waals surface area contributed by atoms with Gasteiger partial charge in [-0.05, 0) is 13.8 Å². The number of aliphatic carboxylic acids is 1. The highest BCUT2D eigenvalue weighted by molar-refractivity contribution is 5.85. The lowest BCUT2D eigenvalue weighted by Crippen LogP contribution is -2.49. The number of methoxy groups -OCH3 is 1. The van der Waals surface area contributed by atoms with Gasteiger partial charge >= 0.3 is 18.0 Å². The van der Waals surface area contributed by atoms with Gasteiger partial charge in [-0.1, -0.05) is 0 Å². The van der Waals surface area contributed by atoms with Gasteiger partial charge in [-0.2, -0.15) is 0 Å². The van der Waals surface area contributed by atoms with Gasteiger partial charge in [0.25, 0.3) is 0 Å². The second kappa shape index (κ2) is 10.0. The van der Waals surface area contributed by atoms with Crippen LogP contribution in [0.25, 0.3) is 0 Å². The van der Waals surface area contributed by atoms with E-state index in [0.29, 0.717) is 0 Å². The fourth-order valence-corrected chi connectivity index (χ4v) is 1.42. The van der Waals surface area contributed by atoms with Crippen LogP contribution in [0.15, 0.2) is 0 Å². The van der Waals surface area contributed by atoms with Crippen molar-refractivity contribution in [2.45, 2.75) is 26.3 Å². The minimum absolute atomic E-state index is 0.147. The fourth-order valence-electron chi connectivity index (χ4n) is 1.42. The van der Waals surface area contributed by atoms with Crippen LogP contribution in [0.1, 0.15) is 20.3 Å². The number of amides is 2. The van der Waals surface area contributed by atoms with Gasteiger partial charge in [0.2, 0.25) is 0 Å². The molecule has 0 saturated carbocycles. The summed E-state index contributed by atoms with van der Waals surface area (Å²) < 4.78 is 9.53. The molecule has 8 heteroatoms. The van der Waals surface area contributed by atoms with E-state index in [2.05, 4.69) is 5.32 Å². The largest absolute Gasteiger partial charge is 0.480 e. The van der Waals surface area contributed by atoms with Crippen molar-refractivity contribution in [1.29, 1.82) is 0 Å². The lowest BCUT2D eigenvalue weighted by Gasteiger charge is -2.23. The molecule has 2 N–H and O–H groups in total. The summed E-state index contributed by atoms with van der Waals surface area (Å²) in [5.74, 6) is -1.68. The van der Waals surface area contributed by atoms with E-state index >= 15 is 0 Å². The van der Waals surface area contributed by atoms with E-state index in [9.17, 15) is 14.4 Å². The molecule has 0 spiro atoms. The van der Waals surface area contributed by atoms with Gasteiger partial charge in [0.1, 0.15) is 12.6 Å². The molecule has 0 aliphatic rings. The Balaban J connectivity index is 4.50. The Morgan fingerprint density at radius 3 is 2.40 bits per heavy atom. The fraction of sp³-hybridized carbons (Fsp3) is 0.750. The lowest BCUT2D eigenvalue weighted by atomic mass is 10.2. The van der Waals surface area contributed by atoms with Crippen molar-refractivity contribution in [1.82, 2.24) is 10.2 Å². The van der Waals surface area contributed by atoms with Crippen LogP contribution in [0.5, 0.6) is 0 Å². The standard InChI is InChI=1S/C12H22N2O6/c1-4-14(8-10(15)20-5-2)12(18)13-9(11(16)17)6-7-19-3/h9H,4-8H2,1-3H3,(H,13,18)(H,16,17). The highest BCUT2D eigenvalue weighted by atomic mass is 16.5. The Morgan fingerprint density at radius 1 is 1.30 bits per heavy atom. The Kier molecular flexibility index (Phi) is 9.10. The number of carbonyl (C=O) groups excluding carboxylic acids is 2. The zero-order valence-electron chi connectivity index (χ0n) is 12.0. The summed E-state index contributed by atoms with van der Waals surface area (Å²) in [7, 11) is 1.44. The van der Waals surface area contributed by atoms with Crippen molar-refractivity contribution >= 4 is 18.0 Å². The maximum atomic E-state index is 11.9. The van der Waals surface area contributed by atoms with Crippen LogP contribution in [-0.4, -0.2) is 67.4 Å². The molecule has 1 unspecified atom stereocenters. The normalized spacial score (nSPS) is 11.6. The third kappa shape index (κ3) is 6.93. The maximum Gasteiger partial charge on any atom is 0.326 e. The Bertz CT molecular complexity index is 334. The lowest BCUT2D eigenvalue weighted by molar-refractivity contribution is -0.143. The van der Waals surface area contributed by atoms with Gasteiger partial charge in [0, 0.05) is 26.7 Å². The molecule has 0 heterocycles. The van der Waals surface area contributed by atoms with Gasteiger partial charge in [-0.15, -0.1) is 0 Å². The molecule has 0 aliphatic heterocycles. The highest BCUT2D eigenvalue weighted by Gasteiger charge is 2.23. The first kappa shape index (κ1) is 18.2. The molecule has 0 aromatic rings. The minimum Gasteiger partial charge on any atom is -0.480 e. The molecule has 0 aromatic carbocycles. The Morgan fingerprint density at radius 2 is 1.95 bits per heavy atom. The van der Waals surface area contributed by atoms with Crippen molar-refractivity contribution in [3.05, 3.63) is 0 Å². The van der Waals surface area contributed by atoms with E-state index in [-0.39, 0.29) is 32.7 Å². The quantitative estimate of drug-likeness (QED) is 0.582. The first-order valence-electron chi connectivity index (χ1n) is 6.39. The van der Waals surface area contributed by atoms with E-state index in [1.807, 2.05) is 0 Å². The third-order valence-electron chi connectivity index (χ3n) is 2.50. The summed E-state index contributed by atoms with van der Waals surface area (Å²) in [4.78, 5) is 35.4. The molecule has 0 aliphatic carbocycles. The smallest absolute Gasteiger partial charge is 0.326 e. The summed E-state index contributed by atoms with van der Waals surface area (Å²) >= 11 is 0. The molecule has 0 rings (SSSR count). The first-order chi connectivity index (χ1) is 9.46. The minimum atomic E-state index is -1.15. The molecular formula is C12H22N2O6. The number of hydrogen-bond acceptors (Lipinski definition) is 5. The monoisotopic (exact) mass is 290 g/mol. The molecule has 116 valence electrons. The van der Waals surface area contributed by atoms with Crippen LogP contribution in [0.4, 0.5) is 4.79 Å². The van der Waals surface area contributed by atoms with Gasteiger partial charge in [-0.3, -0.25) is 4.79 Å². The number of carbonyl (C=O) groups is 3. The average Bonchev–Trinajstić information content (AvgIpc) is 2.40. The molecule has 1 atom stereocenters. The summed E-state index contributed by atoms with van der Waals surface area (Å²) in [6.45, 7) is 3.84. The van der Waals surface area contributed by atoms with Gasteiger partial charge < -0.3 is 24.8 Å². The number of likely N-dealkylation sites (N-methyl/N-ethyl adjacent to an activating group) is 1. The molecule has 0 saturated heterocycles. The number of rotatable bonds is 9. The summed E-state index contributed by atoms with van der Waals surface area (Å²) in [5.41, 5.74) is 0. The Labute approximate surface area is 118 Å². The summed E-state index contributed by atoms with van der Waals surface area (Å²) in [6, 6.07) is -1.68. The molecule has 0 radical (unpaired) electrons. The van der Waals surface area contributed by atoms with Crippen molar-refractivity contribution in [2.24, 2.45) is 0 Å². The van der Waals surface area contributed by atoms with E-state index < -0.39 is 24.0 Å². The number of hydrogen-bond donors (Lipinski definition) is 2. The van der Waals surface area contributed by atoms with E-state index in [4.69, 9.17) is 14.6 Å². The zero-order chi connectivity index (χ0) is 15.5.